The van der Waals surface area contributed by atoms with E-state index in [0.29, 0.717) is 28.1 Å². The number of hydrogen-bond acceptors (Lipinski definition) is 1. The van der Waals surface area contributed by atoms with Crippen molar-refractivity contribution in [2.45, 2.75) is 0 Å². The maximum atomic E-state index is 13.9. The summed E-state index contributed by atoms with van der Waals surface area (Å²) in [5.41, 5.74) is 2.65. The highest BCUT2D eigenvalue weighted by Crippen LogP contribution is 2.38. The van der Waals surface area contributed by atoms with Crippen LogP contribution in [0.15, 0.2) is 79.0 Å². The second-order valence-corrected chi connectivity index (χ2v) is 6.25. The van der Waals surface area contributed by atoms with Gasteiger partial charge in [-0.25, -0.2) is 13.2 Å². The summed E-state index contributed by atoms with van der Waals surface area (Å²) in [4.78, 5) is 0. The van der Waals surface area contributed by atoms with Crippen molar-refractivity contribution in [1.82, 2.24) is 4.57 Å². The molecule has 0 atom stereocenters. The molecule has 1 aromatic heterocycles. The number of rotatable bonds is 3. The van der Waals surface area contributed by atoms with Crippen LogP contribution in [0.5, 0.6) is 0 Å². The first-order valence-corrected chi connectivity index (χ1v) is 8.50. The van der Waals surface area contributed by atoms with Gasteiger partial charge in [0.1, 0.15) is 23.5 Å². The van der Waals surface area contributed by atoms with Crippen molar-refractivity contribution >= 4 is 0 Å². The second kappa shape index (κ2) is 7.09. The molecule has 0 aliphatic rings. The molecule has 0 unspecified atom stereocenters. The van der Waals surface area contributed by atoms with Gasteiger partial charge in [0.2, 0.25) is 0 Å². The Hall–Kier alpha value is -3.78. The molecule has 3 aromatic carbocycles. The molecule has 5 heteroatoms. The minimum atomic E-state index is -0.454. The lowest BCUT2D eigenvalue weighted by molar-refractivity contribution is 0.626. The van der Waals surface area contributed by atoms with Gasteiger partial charge in [-0.2, -0.15) is 5.26 Å². The molecule has 0 saturated heterocycles. The van der Waals surface area contributed by atoms with Crippen molar-refractivity contribution in [3.8, 4) is 34.1 Å². The summed E-state index contributed by atoms with van der Waals surface area (Å²) < 4.78 is 43.3. The molecule has 136 valence electrons. The maximum Gasteiger partial charge on any atom is 0.125 e. The molecule has 0 saturated carbocycles. The molecule has 1 heterocycles. The summed E-state index contributed by atoms with van der Waals surface area (Å²) in [6.07, 6.45) is 1.55. The number of aromatic nitrogens is 1. The van der Waals surface area contributed by atoms with Crippen LogP contribution >= 0.6 is 0 Å². The number of benzene rings is 3. The minimum absolute atomic E-state index is 0.272. The molecule has 0 fully saturated rings. The normalized spacial score (nSPS) is 10.6. The van der Waals surface area contributed by atoms with Crippen LogP contribution in [0.4, 0.5) is 13.2 Å². The Morgan fingerprint density at radius 1 is 0.714 bits per heavy atom. The molecule has 0 aliphatic heterocycles. The first-order valence-electron chi connectivity index (χ1n) is 8.50. The van der Waals surface area contributed by atoms with Crippen LogP contribution in [0.1, 0.15) is 5.56 Å². The molecule has 2 nitrogen and oxygen atoms in total. The van der Waals surface area contributed by atoms with Crippen LogP contribution in [-0.4, -0.2) is 4.57 Å². The smallest absolute Gasteiger partial charge is 0.125 e. The molecule has 28 heavy (non-hydrogen) atoms. The van der Waals surface area contributed by atoms with E-state index in [-0.39, 0.29) is 5.56 Å². The van der Waals surface area contributed by atoms with Gasteiger partial charge in [-0.1, -0.05) is 30.3 Å². The lowest BCUT2D eigenvalue weighted by Crippen LogP contribution is -1.97. The molecule has 0 aliphatic carbocycles. The fraction of sp³-hybridized carbons (Fsp3) is 0. The topological polar surface area (TPSA) is 28.7 Å². The predicted octanol–water partition coefficient (Wildman–Crippen LogP) is 6.10. The van der Waals surface area contributed by atoms with Gasteiger partial charge in [0.25, 0.3) is 0 Å². The summed E-state index contributed by atoms with van der Waals surface area (Å²) in [6.45, 7) is 0. The van der Waals surface area contributed by atoms with Gasteiger partial charge < -0.3 is 4.57 Å². The lowest BCUT2D eigenvalue weighted by Gasteiger charge is -2.13. The van der Waals surface area contributed by atoms with E-state index in [9.17, 15) is 18.4 Å². The average molecular weight is 374 g/mol. The quantitative estimate of drug-likeness (QED) is 0.426. The molecule has 0 N–H and O–H groups in total. The van der Waals surface area contributed by atoms with Gasteiger partial charge in [-0.15, -0.1) is 0 Å². The van der Waals surface area contributed by atoms with Crippen LogP contribution in [-0.2, 0) is 0 Å². The monoisotopic (exact) mass is 374 g/mol. The summed E-state index contributed by atoms with van der Waals surface area (Å²) in [6, 6.07) is 19.7. The summed E-state index contributed by atoms with van der Waals surface area (Å²) in [5.74, 6) is -1.35. The molecule has 0 spiro atoms. The van der Waals surface area contributed by atoms with Gasteiger partial charge >= 0.3 is 0 Å². The highest BCUT2D eigenvalue weighted by Gasteiger charge is 2.21. The molecule has 0 radical (unpaired) electrons. The Labute approximate surface area is 159 Å². The van der Waals surface area contributed by atoms with Gasteiger partial charge in [0, 0.05) is 23.0 Å². The van der Waals surface area contributed by atoms with Crippen molar-refractivity contribution in [1.29, 1.82) is 5.26 Å². The van der Waals surface area contributed by atoms with Gasteiger partial charge in [0.15, 0.2) is 0 Å². The molecule has 4 aromatic rings. The molecular weight excluding hydrogens is 361 g/mol. The van der Waals surface area contributed by atoms with Crippen LogP contribution in [0.3, 0.4) is 0 Å². The molecule has 0 bridgehead atoms. The lowest BCUT2D eigenvalue weighted by atomic mass is 9.98. The van der Waals surface area contributed by atoms with E-state index >= 15 is 0 Å². The third-order valence-corrected chi connectivity index (χ3v) is 4.42. The fourth-order valence-electron chi connectivity index (χ4n) is 3.28. The van der Waals surface area contributed by atoms with Gasteiger partial charge in [-0.3, -0.25) is 0 Å². The molecular formula is C23H13F3N2. The number of hydrogen-bond donors (Lipinski definition) is 0. The van der Waals surface area contributed by atoms with Crippen LogP contribution in [0.2, 0.25) is 0 Å². The highest BCUT2D eigenvalue weighted by molar-refractivity contribution is 5.87. The Kier molecular flexibility index (Phi) is 4.46. The van der Waals surface area contributed by atoms with Crippen LogP contribution in [0.25, 0.3) is 28.1 Å². The van der Waals surface area contributed by atoms with Crippen molar-refractivity contribution in [3.05, 3.63) is 102 Å². The second-order valence-electron chi connectivity index (χ2n) is 6.25. The van der Waals surface area contributed by atoms with E-state index in [1.807, 2.05) is 0 Å². The standard InChI is InChI=1S/C23H13F3N2/c24-18-6-1-4-15(10-18)22-17(13-27)14-28(21-9-3-8-20(26)12-21)23(22)16-5-2-7-19(25)11-16/h1-12,14H. The Morgan fingerprint density at radius 3 is 1.89 bits per heavy atom. The number of nitrogens with zero attached hydrogens (tertiary/aromatic N) is 2. The Balaban J connectivity index is 2.09. The zero-order valence-electron chi connectivity index (χ0n) is 14.5. The Bertz CT molecular complexity index is 1220. The van der Waals surface area contributed by atoms with Gasteiger partial charge in [-0.05, 0) is 48.0 Å². The van der Waals surface area contributed by atoms with E-state index in [2.05, 4.69) is 6.07 Å². The average Bonchev–Trinajstić information content (AvgIpc) is 3.08. The van der Waals surface area contributed by atoms with Crippen molar-refractivity contribution in [2.24, 2.45) is 0 Å². The van der Waals surface area contributed by atoms with Crippen LogP contribution < -0.4 is 0 Å². The van der Waals surface area contributed by atoms with E-state index in [1.54, 1.807) is 47.2 Å². The third-order valence-electron chi connectivity index (χ3n) is 4.42. The summed E-state index contributed by atoms with van der Waals surface area (Å²) in [5, 5.41) is 9.68. The van der Waals surface area contributed by atoms with Gasteiger partial charge in [0.05, 0.1) is 11.3 Å². The number of nitriles is 1. The fourth-order valence-corrected chi connectivity index (χ4v) is 3.28. The molecule has 0 amide bonds. The van der Waals surface area contributed by atoms with E-state index < -0.39 is 17.5 Å². The Morgan fingerprint density at radius 2 is 1.29 bits per heavy atom. The first-order chi connectivity index (χ1) is 13.6. The number of halogens is 3. The molecule has 4 rings (SSSR count). The highest BCUT2D eigenvalue weighted by atomic mass is 19.1. The van der Waals surface area contributed by atoms with Crippen LogP contribution in [0, 0.1) is 28.8 Å². The summed E-state index contributed by atoms with van der Waals surface area (Å²) in [7, 11) is 0. The van der Waals surface area contributed by atoms with Crippen molar-refractivity contribution in [3.63, 3.8) is 0 Å². The first kappa shape index (κ1) is 17.6. The maximum absolute atomic E-state index is 13.9. The van der Waals surface area contributed by atoms with E-state index in [0.717, 1.165) is 0 Å². The minimum Gasteiger partial charge on any atom is -0.314 e. The van der Waals surface area contributed by atoms with E-state index in [4.69, 9.17) is 0 Å². The summed E-state index contributed by atoms with van der Waals surface area (Å²) >= 11 is 0. The SMILES string of the molecule is N#Cc1cn(-c2cccc(F)c2)c(-c2cccc(F)c2)c1-c1cccc(F)c1. The van der Waals surface area contributed by atoms with Crippen molar-refractivity contribution < 1.29 is 13.2 Å². The predicted molar refractivity (Wildman–Crippen MR) is 101 cm³/mol. The zero-order chi connectivity index (χ0) is 19.7. The van der Waals surface area contributed by atoms with Crippen molar-refractivity contribution in [2.75, 3.05) is 0 Å². The third kappa shape index (κ3) is 3.17. The zero-order valence-corrected chi connectivity index (χ0v) is 14.5. The largest absolute Gasteiger partial charge is 0.314 e. The van der Waals surface area contributed by atoms with E-state index in [1.165, 1.54) is 36.4 Å².